The standard InChI is InChI=1S/C25H25FN6/c1-18-23(17-29-30-18)24(20-8-11-27-12-9-20)31-13-15-32(16-14-31)25-22(3-2-10-28-25)19-4-6-21(26)7-5-19/h2-12,17,24H,13-16H2,1H3,(H,29,30). The minimum Gasteiger partial charge on any atom is -0.354 e. The quantitative estimate of drug-likeness (QED) is 0.516. The number of pyridine rings is 2. The molecule has 4 aromatic rings. The zero-order valence-corrected chi connectivity index (χ0v) is 17.9. The molecule has 0 spiro atoms. The zero-order valence-electron chi connectivity index (χ0n) is 17.9. The number of halogens is 1. The van der Waals surface area contributed by atoms with Crippen LogP contribution < -0.4 is 4.90 Å². The van der Waals surface area contributed by atoms with E-state index in [0.29, 0.717) is 0 Å². The summed E-state index contributed by atoms with van der Waals surface area (Å²) < 4.78 is 13.4. The van der Waals surface area contributed by atoms with Crippen LogP contribution in [0.4, 0.5) is 10.2 Å². The lowest BCUT2D eigenvalue weighted by Crippen LogP contribution is -2.48. The van der Waals surface area contributed by atoms with Crippen molar-refractivity contribution in [2.75, 3.05) is 31.1 Å². The van der Waals surface area contributed by atoms with Crippen molar-refractivity contribution in [3.63, 3.8) is 0 Å². The Morgan fingerprint density at radius 3 is 2.38 bits per heavy atom. The smallest absolute Gasteiger partial charge is 0.136 e. The Morgan fingerprint density at radius 1 is 0.938 bits per heavy atom. The van der Waals surface area contributed by atoms with Crippen LogP contribution in [0.3, 0.4) is 0 Å². The number of aromatic amines is 1. The van der Waals surface area contributed by atoms with Gasteiger partial charge < -0.3 is 4.90 Å². The molecule has 6 nitrogen and oxygen atoms in total. The molecule has 4 heterocycles. The first-order valence-corrected chi connectivity index (χ1v) is 10.8. The van der Waals surface area contributed by atoms with Crippen molar-refractivity contribution in [1.29, 1.82) is 0 Å². The van der Waals surface area contributed by atoms with Gasteiger partial charge in [-0.25, -0.2) is 9.37 Å². The molecule has 162 valence electrons. The number of aromatic nitrogens is 4. The van der Waals surface area contributed by atoms with Crippen LogP contribution in [-0.4, -0.2) is 51.2 Å². The second kappa shape index (κ2) is 8.88. The molecule has 5 rings (SSSR count). The fourth-order valence-electron chi connectivity index (χ4n) is 4.46. The third-order valence-electron chi connectivity index (χ3n) is 6.11. The number of piperazine rings is 1. The van der Waals surface area contributed by atoms with Crippen LogP contribution in [0.2, 0.25) is 0 Å². The Morgan fingerprint density at radius 2 is 1.69 bits per heavy atom. The lowest BCUT2D eigenvalue weighted by Gasteiger charge is -2.40. The Hall–Kier alpha value is -3.58. The average Bonchev–Trinajstić information content (AvgIpc) is 3.26. The molecule has 1 unspecified atom stereocenters. The van der Waals surface area contributed by atoms with Gasteiger partial charge in [0.05, 0.1) is 12.2 Å². The second-order valence-corrected chi connectivity index (χ2v) is 8.04. The summed E-state index contributed by atoms with van der Waals surface area (Å²) >= 11 is 0. The van der Waals surface area contributed by atoms with E-state index in [1.165, 1.54) is 23.3 Å². The number of H-pyrrole nitrogens is 1. The largest absolute Gasteiger partial charge is 0.354 e. The third kappa shape index (κ3) is 3.99. The molecule has 0 bridgehead atoms. The summed E-state index contributed by atoms with van der Waals surface area (Å²) in [6.45, 7) is 5.54. The predicted molar refractivity (Wildman–Crippen MR) is 123 cm³/mol. The van der Waals surface area contributed by atoms with E-state index in [1.807, 2.05) is 43.0 Å². The highest BCUT2D eigenvalue weighted by Crippen LogP contribution is 2.33. The van der Waals surface area contributed by atoms with E-state index in [4.69, 9.17) is 0 Å². The van der Waals surface area contributed by atoms with Crippen molar-refractivity contribution >= 4 is 5.82 Å². The van der Waals surface area contributed by atoms with Gasteiger partial charge in [-0.15, -0.1) is 0 Å². The van der Waals surface area contributed by atoms with E-state index >= 15 is 0 Å². The molecule has 1 aliphatic rings. The molecule has 0 radical (unpaired) electrons. The van der Waals surface area contributed by atoms with Crippen LogP contribution in [0, 0.1) is 12.7 Å². The van der Waals surface area contributed by atoms with Crippen molar-refractivity contribution in [3.8, 4) is 11.1 Å². The van der Waals surface area contributed by atoms with Gasteiger partial charge in [-0.3, -0.25) is 15.0 Å². The number of hydrogen-bond donors (Lipinski definition) is 1. The summed E-state index contributed by atoms with van der Waals surface area (Å²) in [6, 6.07) is 14.9. The summed E-state index contributed by atoms with van der Waals surface area (Å²) in [4.78, 5) is 13.7. The highest BCUT2D eigenvalue weighted by molar-refractivity contribution is 5.75. The van der Waals surface area contributed by atoms with E-state index in [0.717, 1.165) is 48.8 Å². The Balaban J connectivity index is 1.39. The van der Waals surface area contributed by atoms with Crippen LogP contribution in [0.1, 0.15) is 22.9 Å². The van der Waals surface area contributed by atoms with Gasteiger partial charge in [-0.2, -0.15) is 5.10 Å². The van der Waals surface area contributed by atoms with Crippen LogP contribution in [0.25, 0.3) is 11.1 Å². The maximum Gasteiger partial charge on any atom is 0.136 e. The molecule has 0 aliphatic carbocycles. The first-order chi connectivity index (χ1) is 15.7. The topological polar surface area (TPSA) is 60.9 Å². The van der Waals surface area contributed by atoms with Crippen molar-refractivity contribution in [3.05, 3.63) is 96.0 Å². The lowest BCUT2D eigenvalue weighted by molar-refractivity contribution is 0.211. The van der Waals surface area contributed by atoms with Crippen LogP contribution in [0.5, 0.6) is 0 Å². The molecular weight excluding hydrogens is 403 g/mol. The molecular formula is C25H25FN6. The van der Waals surface area contributed by atoms with E-state index in [9.17, 15) is 4.39 Å². The average molecular weight is 429 g/mol. The number of benzene rings is 1. The molecule has 1 aromatic carbocycles. The lowest BCUT2D eigenvalue weighted by atomic mass is 9.97. The molecule has 1 saturated heterocycles. The fourth-order valence-corrected chi connectivity index (χ4v) is 4.46. The summed E-state index contributed by atoms with van der Waals surface area (Å²) in [6.07, 6.45) is 7.44. The highest BCUT2D eigenvalue weighted by Gasteiger charge is 2.29. The number of rotatable bonds is 5. The zero-order chi connectivity index (χ0) is 21.9. The van der Waals surface area contributed by atoms with Crippen LogP contribution in [0.15, 0.2) is 73.3 Å². The second-order valence-electron chi connectivity index (χ2n) is 8.04. The van der Waals surface area contributed by atoms with Gasteiger partial charge in [-0.1, -0.05) is 12.1 Å². The van der Waals surface area contributed by atoms with Gasteiger partial charge >= 0.3 is 0 Å². The Kier molecular flexibility index (Phi) is 5.64. The van der Waals surface area contributed by atoms with E-state index in [1.54, 1.807) is 0 Å². The third-order valence-corrected chi connectivity index (χ3v) is 6.11. The van der Waals surface area contributed by atoms with E-state index in [2.05, 4.69) is 55.1 Å². The number of anilines is 1. The van der Waals surface area contributed by atoms with Crippen molar-refractivity contribution < 1.29 is 4.39 Å². The first kappa shape index (κ1) is 20.3. The SMILES string of the molecule is Cc1[nH]ncc1C(c1ccncc1)N1CCN(c2ncccc2-c2ccc(F)cc2)CC1. The Labute approximate surface area is 186 Å². The minimum absolute atomic E-state index is 0.124. The van der Waals surface area contributed by atoms with Crippen LogP contribution in [-0.2, 0) is 0 Å². The van der Waals surface area contributed by atoms with Crippen LogP contribution >= 0.6 is 0 Å². The molecule has 3 aromatic heterocycles. The molecule has 0 amide bonds. The molecule has 0 saturated carbocycles. The number of aryl methyl sites for hydroxylation is 1. The monoisotopic (exact) mass is 428 g/mol. The first-order valence-electron chi connectivity index (χ1n) is 10.8. The minimum atomic E-state index is -0.232. The van der Waals surface area contributed by atoms with Gasteiger partial charge in [0, 0.05) is 61.6 Å². The molecule has 1 N–H and O–H groups in total. The number of nitrogens with one attached hydrogen (secondary N) is 1. The van der Waals surface area contributed by atoms with Gasteiger partial charge in [0.2, 0.25) is 0 Å². The number of nitrogens with zero attached hydrogens (tertiary/aromatic N) is 5. The van der Waals surface area contributed by atoms with Gasteiger partial charge in [-0.05, 0) is 54.4 Å². The van der Waals surface area contributed by atoms with Crippen molar-refractivity contribution in [2.24, 2.45) is 0 Å². The van der Waals surface area contributed by atoms with E-state index < -0.39 is 0 Å². The molecule has 1 fully saturated rings. The van der Waals surface area contributed by atoms with E-state index in [-0.39, 0.29) is 11.9 Å². The summed E-state index contributed by atoms with van der Waals surface area (Å²) in [5.41, 5.74) is 5.48. The van der Waals surface area contributed by atoms with Gasteiger partial charge in [0.25, 0.3) is 0 Å². The Bertz CT molecular complexity index is 1170. The fraction of sp³-hybridized carbons (Fsp3) is 0.240. The molecule has 32 heavy (non-hydrogen) atoms. The van der Waals surface area contributed by atoms with Gasteiger partial charge in [0.1, 0.15) is 11.6 Å². The molecule has 1 atom stereocenters. The molecule has 1 aliphatic heterocycles. The number of hydrogen-bond acceptors (Lipinski definition) is 5. The van der Waals surface area contributed by atoms with Gasteiger partial charge in [0.15, 0.2) is 0 Å². The van der Waals surface area contributed by atoms with Crippen molar-refractivity contribution in [2.45, 2.75) is 13.0 Å². The molecule has 7 heteroatoms. The summed E-state index contributed by atoms with van der Waals surface area (Å²) in [7, 11) is 0. The predicted octanol–water partition coefficient (Wildman–Crippen LogP) is 4.23. The maximum atomic E-state index is 13.4. The summed E-state index contributed by atoms with van der Waals surface area (Å²) in [5, 5.41) is 7.35. The maximum absolute atomic E-state index is 13.4. The highest BCUT2D eigenvalue weighted by atomic mass is 19.1. The normalized spacial score (nSPS) is 15.6. The van der Waals surface area contributed by atoms with Crippen molar-refractivity contribution in [1.82, 2.24) is 25.1 Å². The summed E-state index contributed by atoms with van der Waals surface area (Å²) in [5.74, 6) is 0.711.